The Bertz CT molecular complexity index is 1100. The summed E-state index contributed by atoms with van der Waals surface area (Å²) >= 11 is 6.34. The van der Waals surface area contributed by atoms with E-state index in [1.807, 2.05) is 0 Å². The lowest BCUT2D eigenvalue weighted by Gasteiger charge is -2.14. The van der Waals surface area contributed by atoms with Gasteiger partial charge in [-0.1, -0.05) is 11.6 Å². The van der Waals surface area contributed by atoms with Crippen LogP contribution in [0.25, 0.3) is 10.9 Å². The first kappa shape index (κ1) is 21.0. The number of rotatable bonds is 6. The van der Waals surface area contributed by atoms with Crippen LogP contribution in [0.2, 0.25) is 5.02 Å². The molecule has 0 spiro atoms. The third-order valence-electron chi connectivity index (χ3n) is 5.07. The first-order valence-corrected chi connectivity index (χ1v) is 10.3. The van der Waals surface area contributed by atoms with E-state index >= 15 is 0 Å². The standard InChI is InChI=1S/C22H22ClN3O5/c1-28-19-10-15-18(11-20(19)29-2)24-12-25-21(15)30-14-7-8-17(16(23)9-14)26-22(27)31-13-5-3-4-6-13/h7-13H,3-6H2,1-2H3,(H,26,27). The zero-order valence-electron chi connectivity index (χ0n) is 17.2. The van der Waals surface area contributed by atoms with Gasteiger partial charge in [0.05, 0.1) is 35.8 Å². The minimum absolute atomic E-state index is 0.0250. The molecule has 1 saturated carbocycles. The highest BCUT2D eigenvalue weighted by atomic mass is 35.5. The summed E-state index contributed by atoms with van der Waals surface area (Å²) in [5, 5.41) is 3.65. The molecule has 3 aromatic rings. The lowest BCUT2D eigenvalue weighted by atomic mass is 10.2. The molecule has 4 rings (SSSR count). The maximum atomic E-state index is 12.1. The van der Waals surface area contributed by atoms with Crippen molar-refractivity contribution in [3.8, 4) is 23.1 Å². The Morgan fingerprint density at radius 1 is 1.06 bits per heavy atom. The lowest BCUT2D eigenvalue weighted by molar-refractivity contribution is 0.114. The molecule has 0 atom stereocenters. The number of fused-ring (bicyclic) bond motifs is 1. The Morgan fingerprint density at radius 3 is 2.52 bits per heavy atom. The van der Waals surface area contributed by atoms with Crippen LogP contribution in [-0.4, -0.2) is 36.4 Å². The normalized spacial score (nSPS) is 13.8. The van der Waals surface area contributed by atoms with E-state index in [4.69, 9.17) is 30.5 Å². The fraction of sp³-hybridized carbons (Fsp3) is 0.318. The number of methoxy groups -OCH3 is 2. The number of benzene rings is 2. The summed E-state index contributed by atoms with van der Waals surface area (Å²) in [6.07, 6.45) is 4.84. The Labute approximate surface area is 184 Å². The first-order chi connectivity index (χ1) is 15.1. The number of hydrogen-bond acceptors (Lipinski definition) is 7. The molecule has 0 unspecified atom stereocenters. The molecule has 0 aliphatic heterocycles. The van der Waals surface area contributed by atoms with E-state index in [9.17, 15) is 4.79 Å². The van der Waals surface area contributed by atoms with Gasteiger partial charge in [-0.05, 0) is 43.9 Å². The summed E-state index contributed by atoms with van der Waals surface area (Å²) in [6, 6.07) is 8.44. The Morgan fingerprint density at radius 2 is 1.81 bits per heavy atom. The van der Waals surface area contributed by atoms with Crippen LogP contribution < -0.4 is 19.5 Å². The van der Waals surface area contributed by atoms with Gasteiger partial charge in [-0.3, -0.25) is 5.32 Å². The van der Waals surface area contributed by atoms with Crippen LogP contribution in [0.3, 0.4) is 0 Å². The summed E-state index contributed by atoms with van der Waals surface area (Å²) in [5.41, 5.74) is 1.08. The van der Waals surface area contributed by atoms with Gasteiger partial charge in [0, 0.05) is 12.1 Å². The number of hydrogen-bond donors (Lipinski definition) is 1. The molecular formula is C22H22ClN3O5. The summed E-state index contributed by atoms with van der Waals surface area (Å²) in [4.78, 5) is 20.6. The van der Waals surface area contributed by atoms with Gasteiger partial charge in [-0.2, -0.15) is 0 Å². The molecule has 1 aromatic heterocycles. The molecule has 162 valence electrons. The summed E-state index contributed by atoms with van der Waals surface area (Å²) in [5.74, 6) is 1.88. The molecule has 31 heavy (non-hydrogen) atoms. The molecule has 1 aliphatic rings. The van der Waals surface area contributed by atoms with Gasteiger partial charge in [0.15, 0.2) is 11.5 Å². The molecule has 1 fully saturated rings. The van der Waals surface area contributed by atoms with E-state index in [1.165, 1.54) is 6.33 Å². The molecule has 0 bridgehead atoms. The van der Waals surface area contributed by atoms with Gasteiger partial charge in [-0.15, -0.1) is 0 Å². The number of anilines is 1. The van der Waals surface area contributed by atoms with Crippen LogP contribution in [0.15, 0.2) is 36.7 Å². The zero-order valence-corrected chi connectivity index (χ0v) is 17.9. The van der Waals surface area contributed by atoms with Crippen molar-refractivity contribution in [2.45, 2.75) is 31.8 Å². The second kappa shape index (κ2) is 9.26. The highest BCUT2D eigenvalue weighted by molar-refractivity contribution is 6.33. The molecule has 1 N–H and O–H groups in total. The Hall–Kier alpha value is -3.26. The molecule has 1 aliphatic carbocycles. The topological polar surface area (TPSA) is 91.8 Å². The number of ether oxygens (including phenoxy) is 4. The van der Waals surface area contributed by atoms with Crippen molar-refractivity contribution in [3.05, 3.63) is 41.7 Å². The lowest BCUT2D eigenvalue weighted by Crippen LogP contribution is -2.20. The number of carbonyl (C=O) groups is 1. The number of amides is 1. The van der Waals surface area contributed by atoms with E-state index in [0.717, 1.165) is 25.7 Å². The van der Waals surface area contributed by atoms with Crippen molar-refractivity contribution >= 4 is 34.3 Å². The minimum atomic E-state index is -0.509. The predicted molar refractivity (Wildman–Crippen MR) is 117 cm³/mol. The van der Waals surface area contributed by atoms with Gasteiger partial charge in [0.25, 0.3) is 0 Å². The number of nitrogens with zero attached hydrogens (tertiary/aromatic N) is 2. The van der Waals surface area contributed by atoms with Crippen LogP contribution in [0.5, 0.6) is 23.1 Å². The minimum Gasteiger partial charge on any atom is -0.493 e. The van der Waals surface area contributed by atoms with E-state index in [-0.39, 0.29) is 6.10 Å². The number of aromatic nitrogens is 2. The van der Waals surface area contributed by atoms with Crippen molar-refractivity contribution in [3.63, 3.8) is 0 Å². The maximum Gasteiger partial charge on any atom is 0.411 e. The van der Waals surface area contributed by atoms with Gasteiger partial charge in [0.2, 0.25) is 5.88 Å². The second-order valence-corrected chi connectivity index (χ2v) is 7.49. The predicted octanol–water partition coefficient (Wildman–Crippen LogP) is 5.58. The zero-order chi connectivity index (χ0) is 21.8. The highest BCUT2D eigenvalue weighted by Gasteiger charge is 2.20. The molecule has 0 radical (unpaired) electrons. The number of carbonyl (C=O) groups excluding carboxylic acids is 1. The van der Waals surface area contributed by atoms with Crippen LogP contribution in [0, 0.1) is 0 Å². The van der Waals surface area contributed by atoms with Gasteiger partial charge in [-0.25, -0.2) is 14.8 Å². The molecule has 1 amide bonds. The molecule has 0 saturated heterocycles. The quantitative estimate of drug-likeness (QED) is 0.531. The van der Waals surface area contributed by atoms with Crippen molar-refractivity contribution in [2.75, 3.05) is 19.5 Å². The average Bonchev–Trinajstić information content (AvgIpc) is 3.27. The molecule has 9 heteroatoms. The van der Waals surface area contributed by atoms with Crippen molar-refractivity contribution in [2.24, 2.45) is 0 Å². The van der Waals surface area contributed by atoms with E-state index < -0.39 is 6.09 Å². The summed E-state index contributed by atoms with van der Waals surface area (Å²) < 4.78 is 22.0. The Kier molecular flexibility index (Phi) is 6.27. The van der Waals surface area contributed by atoms with Gasteiger partial charge < -0.3 is 18.9 Å². The van der Waals surface area contributed by atoms with Crippen molar-refractivity contribution < 1.29 is 23.7 Å². The monoisotopic (exact) mass is 443 g/mol. The van der Waals surface area contributed by atoms with Gasteiger partial charge >= 0.3 is 6.09 Å². The van der Waals surface area contributed by atoms with Crippen LogP contribution in [0.1, 0.15) is 25.7 Å². The average molecular weight is 444 g/mol. The van der Waals surface area contributed by atoms with Crippen molar-refractivity contribution in [1.29, 1.82) is 0 Å². The fourth-order valence-electron chi connectivity index (χ4n) is 3.51. The SMILES string of the molecule is COc1cc2ncnc(Oc3ccc(NC(=O)OC4CCCC4)c(Cl)c3)c2cc1OC. The second-order valence-electron chi connectivity index (χ2n) is 7.08. The van der Waals surface area contributed by atoms with Gasteiger partial charge in [0.1, 0.15) is 18.2 Å². The molecular weight excluding hydrogens is 422 g/mol. The van der Waals surface area contributed by atoms with Crippen LogP contribution >= 0.6 is 11.6 Å². The van der Waals surface area contributed by atoms with Crippen molar-refractivity contribution in [1.82, 2.24) is 9.97 Å². The van der Waals surface area contributed by atoms with Crippen LogP contribution in [0.4, 0.5) is 10.5 Å². The number of nitrogens with one attached hydrogen (secondary N) is 1. The summed E-state index contributed by atoms with van der Waals surface area (Å²) in [7, 11) is 3.11. The third kappa shape index (κ3) is 4.74. The van der Waals surface area contributed by atoms with Crippen LogP contribution in [-0.2, 0) is 4.74 Å². The maximum absolute atomic E-state index is 12.1. The van der Waals surface area contributed by atoms with E-state index in [0.29, 0.717) is 44.7 Å². The number of halogens is 1. The van der Waals surface area contributed by atoms with E-state index in [1.54, 1.807) is 44.6 Å². The smallest absolute Gasteiger partial charge is 0.411 e. The highest BCUT2D eigenvalue weighted by Crippen LogP contribution is 2.37. The molecule has 2 aromatic carbocycles. The largest absolute Gasteiger partial charge is 0.493 e. The fourth-order valence-corrected chi connectivity index (χ4v) is 3.73. The molecule has 1 heterocycles. The summed E-state index contributed by atoms with van der Waals surface area (Å²) in [6.45, 7) is 0. The first-order valence-electron chi connectivity index (χ1n) is 9.89. The van der Waals surface area contributed by atoms with E-state index in [2.05, 4.69) is 15.3 Å². The Balaban J connectivity index is 1.52. The third-order valence-corrected chi connectivity index (χ3v) is 5.38. The molecule has 8 nitrogen and oxygen atoms in total.